The van der Waals surface area contributed by atoms with E-state index in [0.717, 1.165) is 28.7 Å². The lowest BCUT2D eigenvalue weighted by atomic mass is 10.1. The molecule has 0 saturated heterocycles. The van der Waals surface area contributed by atoms with E-state index in [0.29, 0.717) is 18.1 Å². The summed E-state index contributed by atoms with van der Waals surface area (Å²) in [5.74, 6) is 1.09. The highest BCUT2D eigenvalue weighted by atomic mass is 79.9. The molecule has 2 aromatic rings. The molecule has 0 aliphatic carbocycles. The standard InChI is InChI=1S/C22H29BrFNO2/c1-3-4-5-6-7-12-25-15-18-13-20(23)22(21(14-18)26-2)27-16-17-8-10-19(24)11-9-17/h8-11,13-14,25H,3-7,12,15-16H2,1-2H3. The van der Waals surface area contributed by atoms with Crippen LogP contribution in [0.2, 0.25) is 0 Å². The zero-order valence-corrected chi connectivity index (χ0v) is 17.8. The summed E-state index contributed by atoms with van der Waals surface area (Å²) in [7, 11) is 1.64. The van der Waals surface area contributed by atoms with Crippen molar-refractivity contribution in [2.45, 2.75) is 52.2 Å². The number of hydrogen-bond donors (Lipinski definition) is 1. The van der Waals surface area contributed by atoms with Gasteiger partial charge in [-0.3, -0.25) is 0 Å². The van der Waals surface area contributed by atoms with Crippen molar-refractivity contribution in [3.05, 3.63) is 57.8 Å². The summed E-state index contributed by atoms with van der Waals surface area (Å²) in [6.07, 6.45) is 6.40. The first kappa shape index (κ1) is 21.7. The van der Waals surface area contributed by atoms with Crippen LogP contribution in [0.25, 0.3) is 0 Å². The lowest BCUT2D eigenvalue weighted by molar-refractivity contribution is 0.282. The summed E-state index contributed by atoms with van der Waals surface area (Å²) in [4.78, 5) is 0. The van der Waals surface area contributed by atoms with E-state index in [-0.39, 0.29) is 5.82 Å². The lowest BCUT2D eigenvalue weighted by Crippen LogP contribution is -2.14. The Morgan fingerprint density at radius 2 is 1.74 bits per heavy atom. The number of halogens is 2. The Balaban J connectivity index is 1.88. The van der Waals surface area contributed by atoms with Gasteiger partial charge >= 0.3 is 0 Å². The molecule has 2 rings (SSSR count). The van der Waals surface area contributed by atoms with Crippen LogP contribution in [0.4, 0.5) is 4.39 Å². The minimum absolute atomic E-state index is 0.250. The van der Waals surface area contributed by atoms with Crippen LogP contribution in [0.1, 0.15) is 50.2 Å². The van der Waals surface area contributed by atoms with Crippen molar-refractivity contribution in [1.82, 2.24) is 5.32 Å². The zero-order valence-electron chi connectivity index (χ0n) is 16.2. The minimum atomic E-state index is -0.250. The molecule has 148 valence electrons. The Kier molecular flexibility index (Phi) is 9.64. The summed E-state index contributed by atoms with van der Waals surface area (Å²) < 4.78 is 25.3. The van der Waals surface area contributed by atoms with Crippen molar-refractivity contribution >= 4 is 15.9 Å². The Morgan fingerprint density at radius 3 is 2.44 bits per heavy atom. The lowest BCUT2D eigenvalue weighted by Gasteiger charge is -2.15. The van der Waals surface area contributed by atoms with Gasteiger partial charge in [0.25, 0.3) is 0 Å². The van der Waals surface area contributed by atoms with Crippen LogP contribution in [-0.4, -0.2) is 13.7 Å². The Bertz CT molecular complexity index is 691. The molecule has 0 aromatic heterocycles. The van der Waals surface area contributed by atoms with E-state index in [1.165, 1.54) is 44.2 Å². The quantitative estimate of drug-likeness (QED) is 0.398. The molecule has 0 radical (unpaired) electrons. The SMILES string of the molecule is CCCCCCCNCc1cc(Br)c(OCc2ccc(F)cc2)c(OC)c1. The van der Waals surface area contributed by atoms with Gasteiger partial charge in [-0.2, -0.15) is 0 Å². The predicted octanol–water partition coefficient (Wildman–Crippen LogP) is 6.24. The first-order chi connectivity index (χ1) is 13.1. The van der Waals surface area contributed by atoms with Crippen molar-refractivity contribution in [3.8, 4) is 11.5 Å². The number of unbranched alkanes of at least 4 members (excludes halogenated alkanes) is 4. The van der Waals surface area contributed by atoms with Gasteiger partial charge < -0.3 is 14.8 Å². The molecule has 0 atom stereocenters. The smallest absolute Gasteiger partial charge is 0.175 e. The number of nitrogens with one attached hydrogen (secondary N) is 1. The second-order valence-electron chi connectivity index (χ2n) is 6.62. The maximum atomic E-state index is 13.0. The molecule has 0 spiro atoms. The van der Waals surface area contributed by atoms with Crippen molar-refractivity contribution in [2.24, 2.45) is 0 Å². The van der Waals surface area contributed by atoms with Gasteiger partial charge in [0.2, 0.25) is 0 Å². The summed E-state index contributed by atoms with van der Waals surface area (Å²) in [6.45, 7) is 4.40. The minimum Gasteiger partial charge on any atom is -0.493 e. The first-order valence-corrected chi connectivity index (χ1v) is 10.4. The Hall–Kier alpha value is -1.59. The van der Waals surface area contributed by atoms with Gasteiger partial charge in [0.15, 0.2) is 11.5 Å². The summed E-state index contributed by atoms with van der Waals surface area (Å²) in [5.41, 5.74) is 2.04. The van der Waals surface area contributed by atoms with E-state index >= 15 is 0 Å². The molecule has 0 bridgehead atoms. The average molecular weight is 438 g/mol. The summed E-state index contributed by atoms with van der Waals surface area (Å²) >= 11 is 3.58. The molecule has 0 aliphatic heterocycles. The second kappa shape index (κ2) is 12.0. The monoisotopic (exact) mass is 437 g/mol. The van der Waals surface area contributed by atoms with Crippen LogP contribution in [0.15, 0.2) is 40.9 Å². The molecule has 0 aliphatic rings. The van der Waals surface area contributed by atoms with Crippen LogP contribution < -0.4 is 14.8 Å². The third kappa shape index (κ3) is 7.51. The molecule has 2 aromatic carbocycles. The molecule has 0 saturated carbocycles. The number of rotatable bonds is 12. The van der Waals surface area contributed by atoms with Gasteiger partial charge in [0.05, 0.1) is 11.6 Å². The number of hydrogen-bond acceptors (Lipinski definition) is 3. The zero-order chi connectivity index (χ0) is 19.5. The molecule has 0 amide bonds. The van der Waals surface area contributed by atoms with Gasteiger partial charge in [-0.15, -0.1) is 0 Å². The number of ether oxygens (including phenoxy) is 2. The van der Waals surface area contributed by atoms with Gasteiger partial charge in [0, 0.05) is 6.54 Å². The maximum Gasteiger partial charge on any atom is 0.175 e. The highest BCUT2D eigenvalue weighted by Gasteiger charge is 2.12. The normalized spacial score (nSPS) is 10.8. The fourth-order valence-electron chi connectivity index (χ4n) is 2.84. The fourth-order valence-corrected chi connectivity index (χ4v) is 3.44. The number of benzene rings is 2. The molecule has 5 heteroatoms. The van der Waals surface area contributed by atoms with E-state index in [9.17, 15) is 4.39 Å². The van der Waals surface area contributed by atoms with Crippen molar-refractivity contribution in [3.63, 3.8) is 0 Å². The van der Waals surface area contributed by atoms with E-state index in [1.807, 2.05) is 12.1 Å². The molecule has 3 nitrogen and oxygen atoms in total. The maximum absolute atomic E-state index is 13.0. The van der Waals surface area contributed by atoms with Crippen molar-refractivity contribution in [2.75, 3.05) is 13.7 Å². The van der Waals surface area contributed by atoms with Gasteiger partial charge in [-0.25, -0.2) is 4.39 Å². The fraction of sp³-hybridized carbons (Fsp3) is 0.455. The summed E-state index contributed by atoms with van der Waals surface area (Å²) in [6, 6.07) is 10.3. The van der Waals surface area contributed by atoms with E-state index in [2.05, 4.69) is 28.2 Å². The van der Waals surface area contributed by atoms with Crippen molar-refractivity contribution in [1.29, 1.82) is 0 Å². The van der Waals surface area contributed by atoms with E-state index in [4.69, 9.17) is 9.47 Å². The van der Waals surface area contributed by atoms with Crippen LogP contribution in [0.3, 0.4) is 0 Å². The van der Waals surface area contributed by atoms with Gasteiger partial charge in [0.1, 0.15) is 12.4 Å². The molecule has 1 N–H and O–H groups in total. The van der Waals surface area contributed by atoms with Gasteiger partial charge in [-0.1, -0.05) is 44.7 Å². The van der Waals surface area contributed by atoms with Crippen LogP contribution in [0.5, 0.6) is 11.5 Å². The molecule has 0 heterocycles. The third-order valence-electron chi connectivity index (χ3n) is 4.37. The first-order valence-electron chi connectivity index (χ1n) is 9.58. The third-order valence-corrected chi connectivity index (χ3v) is 4.96. The Morgan fingerprint density at radius 1 is 1.00 bits per heavy atom. The van der Waals surface area contributed by atoms with E-state index in [1.54, 1.807) is 19.2 Å². The van der Waals surface area contributed by atoms with Gasteiger partial charge in [-0.05, 0) is 64.3 Å². The van der Waals surface area contributed by atoms with Crippen molar-refractivity contribution < 1.29 is 13.9 Å². The molecule has 27 heavy (non-hydrogen) atoms. The summed E-state index contributed by atoms with van der Waals surface area (Å²) in [5, 5.41) is 3.49. The topological polar surface area (TPSA) is 30.5 Å². The van der Waals surface area contributed by atoms with Crippen LogP contribution in [-0.2, 0) is 13.2 Å². The molecular formula is C22H29BrFNO2. The number of methoxy groups -OCH3 is 1. The van der Waals surface area contributed by atoms with Crippen LogP contribution >= 0.6 is 15.9 Å². The Labute approximate surface area is 170 Å². The molecular weight excluding hydrogens is 409 g/mol. The average Bonchev–Trinajstić information content (AvgIpc) is 2.67. The second-order valence-corrected chi connectivity index (χ2v) is 7.47. The highest BCUT2D eigenvalue weighted by Crippen LogP contribution is 2.37. The largest absolute Gasteiger partial charge is 0.493 e. The van der Waals surface area contributed by atoms with E-state index < -0.39 is 0 Å². The highest BCUT2D eigenvalue weighted by molar-refractivity contribution is 9.10. The van der Waals surface area contributed by atoms with Crippen LogP contribution in [0, 0.1) is 5.82 Å². The molecule has 0 fully saturated rings. The predicted molar refractivity (Wildman–Crippen MR) is 112 cm³/mol. The molecule has 0 unspecified atom stereocenters.